The predicted molar refractivity (Wildman–Crippen MR) is 82.6 cm³/mol. The molecule has 0 spiro atoms. The van der Waals surface area contributed by atoms with Gasteiger partial charge >= 0.3 is 12.1 Å². The summed E-state index contributed by atoms with van der Waals surface area (Å²) < 4.78 is 11.9. The summed E-state index contributed by atoms with van der Waals surface area (Å²) in [4.78, 5) is 24.5. The number of carbonyl (C=O) groups is 2. The van der Waals surface area contributed by atoms with E-state index in [1.807, 2.05) is 12.1 Å². The van der Waals surface area contributed by atoms with Gasteiger partial charge in [-0.05, 0) is 42.8 Å². The van der Waals surface area contributed by atoms with Gasteiger partial charge in [-0.3, -0.25) is 0 Å². The van der Waals surface area contributed by atoms with Crippen molar-refractivity contribution in [1.82, 2.24) is 4.57 Å². The number of benzene rings is 1. The highest BCUT2D eigenvalue weighted by Gasteiger charge is 2.28. The number of nitrogens with zero attached hydrogens (tertiary/aromatic N) is 1. The molecule has 21 heavy (non-hydrogen) atoms. The summed E-state index contributed by atoms with van der Waals surface area (Å²) in [6, 6.07) is 7.17. The van der Waals surface area contributed by atoms with Crippen LogP contribution in [-0.4, -0.2) is 29.3 Å². The van der Waals surface area contributed by atoms with Crippen molar-refractivity contribution >= 4 is 38.9 Å². The van der Waals surface area contributed by atoms with Gasteiger partial charge in [0.1, 0.15) is 5.60 Å². The van der Waals surface area contributed by atoms with E-state index in [1.54, 1.807) is 32.9 Å². The van der Waals surface area contributed by atoms with Gasteiger partial charge in [-0.2, -0.15) is 0 Å². The number of halogens is 1. The van der Waals surface area contributed by atoms with Crippen LogP contribution >= 0.6 is 15.9 Å². The van der Waals surface area contributed by atoms with Gasteiger partial charge in [-0.1, -0.05) is 18.2 Å². The average molecular weight is 354 g/mol. The highest BCUT2D eigenvalue weighted by molar-refractivity contribution is 9.10. The van der Waals surface area contributed by atoms with Crippen molar-refractivity contribution in [2.24, 2.45) is 0 Å². The van der Waals surface area contributed by atoms with Gasteiger partial charge < -0.3 is 9.47 Å². The van der Waals surface area contributed by atoms with Crippen LogP contribution in [0.15, 0.2) is 28.7 Å². The minimum Gasteiger partial charge on any atom is -0.464 e. The van der Waals surface area contributed by atoms with E-state index in [0.29, 0.717) is 9.99 Å². The van der Waals surface area contributed by atoms with E-state index in [0.717, 1.165) is 5.39 Å². The molecule has 0 bridgehead atoms. The van der Waals surface area contributed by atoms with Crippen molar-refractivity contribution in [3.8, 4) is 0 Å². The summed E-state index contributed by atoms with van der Waals surface area (Å²) in [6.45, 7) is 5.30. The van der Waals surface area contributed by atoms with E-state index >= 15 is 0 Å². The Labute approximate surface area is 131 Å². The summed E-state index contributed by atoms with van der Waals surface area (Å²) in [7, 11) is 1.27. The molecule has 5 nitrogen and oxygen atoms in total. The maximum atomic E-state index is 12.4. The molecule has 0 amide bonds. The molecular weight excluding hydrogens is 338 g/mol. The van der Waals surface area contributed by atoms with Crippen molar-refractivity contribution in [3.63, 3.8) is 0 Å². The fraction of sp³-hybridized carbons (Fsp3) is 0.333. The Kier molecular flexibility index (Phi) is 4.09. The monoisotopic (exact) mass is 353 g/mol. The molecular formula is C15H16BrNO4. The van der Waals surface area contributed by atoms with Crippen LogP contribution in [0, 0.1) is 0 Å². The molecule has 2 rings (SSSR count). The molecule has 6 heteroatoms. The van der Waals surface area contributed by atoms with Crippen molar-refractivity contribution in [1.29, 1.82) is 0 Å². The Bertz CT molecular complexity index is 712. The summed E-state index contributed by atoms with van der Waals surface area (Å²) in [5.74, 6) is -0.607. The number of aromatic nitrogens is 1. The van der Waals surface area contributed by atoms with Gasteiger partial charge in [-0.25, -0.2) is 14.2 Å². The zero-order valence-electron chi connectivity index (χ0n) is 12.3. The van der Waals surface area contributed by atoms with E-state index in [4.69, 9.17) is 9.47 Å². The molecule has 0 fully saturated rings. The molecule has 0 unspecified atom stereocenters. The molecule has 0 aliphatic carbocycles. The summed E-state index contributed by atoms with van der Waals surface area (Å²) in [5.41, 5.74) is 0.0365. The SMILES string of the molecule is COC(=O)c1c(Br)c2ccccc2n1C(=O)OC(C)(C)C. The summed E-state index contributed by atoms with van der Waals surface area (Å²) >= 11 is 3.36. The Morgan fingerprint density at radius 3 is 2.38 bits per heavy atom. The van der Waals surface area contributed by atoms with Crippen molar-refractivity contribution in [2.75, 3.05) is 7.11 Å². The first-order chi connectivity index (χ1) is 9.76. The highest BCUT2D eigenvalue weighted by Crippen LogP contribution is 2.32. The maximum absolute atomic E-state index is 12.4. The third-order valence-corrected chi connectivity index (χ3v) is 3.57. The van der Waals surface area contributed by atoms with Crippen molar-refractivity contribution < 1.29 is 19.1 Å². The molecule has 2 aromatic rings. The zero-order valence-corrected chi connectivity index (χ0v) is 13.9. The van der Waals surface area contributed by atoms with Gasteiger partial charge in [0, 0.05) is 5.39 Å². The van der Waals surface area contributed by atoms with Gasteiger partial charge in [0.15, 0.2) is 5.69 Å². The number of hydrogen-bond acceptors (Lipinski definition) is 4. The van der Waals surface area contributed by atoms with Crippen molar-refractivity contribution in [2.45, 2.75) is 26.4 Å². The highest BCUT2D eigenvalue weighted by atomic mass is 79.9. The lowest BCUT2D eigenvalue weighted by Gasteiger charge is -2.20. The molecule has 1 aromatic carbocycles. The van der Waals surface area contributed by atoms with Crippen LogP contribution in [0.3, 0.4) is 0 Å². The minimum absolute atomic E-state index is 0.118. The van der Waals surface area contributed by atoms with Crippen LogP contribution in [0.25, 0.3) is 10.9 Å². The minimum atomic E-state index is -0.664. The number of ether oxygens (including phenoxy) is 2. The van der Waals surface area contributed by atoms with Crippen LogP contribution in [0.1, 0.15) is 31.3 Å². The molecule has 1 aromatic heterocycles. The molecule has 0 aliphatic heterocycles. The van der Waals surface area contributed by atoms with Crippen molar-refractivity contribution in [3.05, 3.63) is 34.4 Å². The number of methoxy groups -OCH3 is 1. The summed E-state index contributed by atoms with van der Waals surface area (Å²) in [6.07, 6.45) is -0.621. The predicted octanol–water partition coefficient (Wildman–Crippen LogP) is 3.97. The second kappa shape index (κ2) is 5.52. The number of rotatable bonds is 1. The molecule has 1 heterocycles. The lowest BCUT2D eigenvalue weighted by atomic mass is 10.2. The Balaban J connectivity index is 2.70. The first-order valence-electron chi connectivity index (χ1n) is 6.37. The molecule has 0 saturated heterocycles. The third-order valence-electron chi connectivity index (χ3n) is 2.77. The van der Waals surface area contributed by atoms with Crippen LogP contribution in [-0.2, 0) is 9.47 Å². The first-order valence-corrected chi connectivity index (χ1v) is 7.16. The van der Waals surface area contributed by atoms with E-state index in [9.17, 15) is 9.59 Å². The van der Waals surface area contributed by atoms with Crippen LogP contribution in [0.4, 0.5) is 4.79 Å². The Morgan fingerprint density at radius 1 is 1.19 bits per heavy atom. The quantitative estimate of drug-likeness (QED) is 0.727. The van der Waals surface area contributed by atoms with Gasteiger partial charge in [0.2, 0.25) is 0 Å². The van der Waals surface area contributed by atoms with Gasteiger partial charge in [0.05, 0.1) is 17.1 Å². The lowest BCUT2D eigenvalue weighted by molar-refractivity contribution is 0.0489. The van der Waals surface area contributed by atoms with E-state index < -0.39 is 17.7 Å². The lowest BCUT2D eigenvalue weighted by Crippen LogP contribution is -2.29. The topological polar surface area (TPSA) is 57.5 Å². The molecule has 112 valence electrons. The molecule has 0 aliphatic rings. The van der Waals surface area contributed by atoms with Crippen LogP contribution < -0.4 is 0 Å². The standard InChI is InChI=1S/C15H16BrNO4/c1-15(2,3)21-14(19)17-10-8-6-5-7-9(10)11(16)12(17)13(18)20-4/h5-8H,1-4H3. The maximum Gasteiger partial charge on any atom is 0.419 e. The normalized spacial score (nSPS) is 11.5. The molecule has 0 N–H and O–H groups in total. The average Bonchev–Trinajstić information content (AvgIpc) is 2.70. The van der Waals surface area contributed by atoms with E-state index in [2.05, 4.69) is 15.9 Å². The van der Waals surface area contributed by atoms with Gasteiger partial charge in [-0.15, -0.1) is 0 Å². The summed E-state index contributed by atoms with van der Waals surface area (Å²) in [5, 5.41) is 0.740. The van der Waals surface area contributed by atoms with Crippen LogP contribution in [0.5, 0.6) is 0 Å². The second-order valence-corrected chi connectivity index (χ2v) is 6.28. The third kappa shape index (κ3) is 2.95. The zero-order chi connectivity index (χ0) is 15.8. The Morgan fingerprint density at radius 2 is 1.81 bits per heavy atom. The van der Waals surface area contributed by atoms with Gasteiger partial charge in [0.25, 0.3) is 0 Å². The number of esters is 1. The first kappa shape index (κ1) is 15.6. The molecule has 0 atom stereocenters. The molecule has 0 radical (unpaired) electrons. The number of carbonyl (C=O) groups excluding carboxylic acids is 2. The number of fused-ring (bicyclic) bond motifs is 1. The number of hydrogen-bond donors (Lipinski definition) is 0. The fourth-order valence-corrected chi connectivity index (χ4v) is 2.65. The Hall–Kier alpha value is -1.82. The largest absolute Gasteiger partial charge is 0.464 e. The fourth-order valence-electron chi connectivity index (χ4n) is 1.98. The molecule has 0 saturated carbocycles. The second-order valence-electron chi connectivity index (χ2n) is 5.49. The smallest absolute Gasteiger partial charge is 0.419 e. The van der Waals surface area contributed by atoms with Crippen LogP contribution in [0.2, 0.25) is 0 Å². The number of para-hydroxylation sites is 1. The van der Waals surface area contributed by atoms with E-state index in [1.165, 1.54) is 11.7 Å². The van der Waals surface area contributed by atoms with E-state index in [-0.39, 0.29) is 5.69 Å².